The van der Waals surface area contributed by atoms with Gasteiger partial charge < -0.3 is 5.73 Å². The second-order valence-electron chi connectivity index (χ2n) is 4.70. The van der Waals surface area contributed by atoms with Crippen LogP contribution in [0.1, 0.15) is 16.2 Å². The summed E-state index contributed by atoms with van der Waals surface area (Å²) in [4.78, 5) is 15.2. The zero-order valence-corrected chi connectivity index (χ0v) is 12.1. The Kier molecular flexibility index (Phi) is 3.48. The highest BCUT2D eigenvalue weighted by Crippen LogP contribution is 2.32. The zero-order valence-electron chi connectivity index (χ0n) is 11.3. The summed E-state index contributed by atoms with van der Waals surface area (Å²) in [6.45, 7) is 0. The van der Waals surface area contributed by atoms with E-state index in [1.54, 1.807) is 24.3 Å². The first-order valence-electron chi connectivity index (χ1n) is 6.29. The minimum Gasteiger partial charge on any atom is -0.364 e. The van der Waals surface area contributed by atoms with E-state index in [9.17, 15) is 18.0 Å². The first-order chi connectivity index (χ1) is 10.8. The largest absolute Gasteiger partial charge is 0.433 e. The standard InChI is InChI=1S/C14H8ClF3N4O/c15-8-3-1-7(2-4-8)9-5-11(14(16,17)18)22-12(20-9)6-10(21-22)13(19)23/h1-6H,(H2,19,23). The van der Waals surface area contributed by atoms with Crippen molar-refractivity contribution in [2.24, 2.45) is 5.73 Å². The zero-order chi connectivity index (χ0) is 16.8. The molecule has 0 spiro atoms. The molecule has 3 aromatic rings. The molecule has 23 heavy (non-hydrogen) atoms. The minimum atomic E-state index is -4.68. The Morgan fingerprint density at radius 2 is 1.83 bits per heavy atom. The van der Waals surface area contributed by atoms with Crippen LogP contribution in [0.25, 0.3) is 16.9 Å². The van der Waals surface area contributed by atoms with Gasteiger partial charge in [-0.3, -0.25) is 4.79 Å². The van der Waals surface area contributed by atoms with E-state index in [0.29, 0.717) is 15.1 Å². The molecule has 0 radical (unpaired) electrons. The van der Waals surface area contributed by atoms with Crippen LogP contribution in [0.5, 0.6) is 0 Å². The van der Waals surface area contributed by atoms with Gasteiger partial charge in [0.2, 0.25) is 0 Å². The molecular weight excluding hydrogens is 333 g/mol. The summed E-state index contributed by atoms with van der Waals surface area (Å²) in [7, 11) is 0. The van der Waals surface area contributed by atoms with Gasteiger partial charge in [-0.2, -0.15) is 18.3 Å². The number of hydrogen-bond donors (Lipinski definition) is 1. The Labute approximate surface area is 132 Å². The lowest BCUT2D eigenvalue weighted by molar-refractivity contribution is -0.142. The Hall–Kier alpha value is -2.61. The van der Waals surface area contributed by atoms with Gasteiger partial charge in [-0.15, -0.1) is 0 Å². The minimum absolute atomic E-state index is 0.0809. The Bertz CT molecular complexity index is 903. The number of fused-ring (bicyclic) bond motifs is 1. The number of primary amides is 1. The molecule has 2 N–H and O–H groups in total. The van der Waals surface area contributed by atoms with Gasteiger partial charge >= 0.3 is 6.18 Å². The highest BCUT2D eigenvalue weighted by atomic mass is 35.5. The Balaban J connectivity index is 2.28. The van der Waals surface area contributed by atoms with Crippen LogP contribution in [0, 0.1) is 0 Å². The summed E-state index contributed by atoms with van der Waals surface area (Å²) in [5.74, 6) is -0.934. The molecule has 0 bridgehead atoms. The number of hydrogen-bond acceptors (Lipinski definition) is 3. The fourth-order valence-corrected chi connectivity index (χ4v) is 2.19. The molecule has 0 fully saturated rings. The highest BCUT2D eigenvalue weighted by Gasteiger charge is 2.35. The predicted molar refractivity (Wildman–Crippen MR) is 77.0 cm³/mol. The van der Waals surface area contributed by atoms with Gasteiger partial charge in [-0.05, 0) is 18.2 Å². The summed E-state index contributed by atoms with van der Waals surface area (Å²) >= 11 is 5.77. The average molecular weight is 341 g/mol. The molecule has 118 valence electrons. The van der Waals surface area contributed by atoms with Crippen LogP contribution in [-0.4, -0.2) is 20.5 Å². The number of alkyl halides is 3. The molecule has 0 aliphatic rings. The van der Waals surface area contributed by atoms with Crippen molar-refractivity contribution in [1.29, 1.82) is 0 Å². The molecule has 0 aliphatic heterocycles. The van der Waals surface area contributed by atoms with Crippen molar-refractivity contribution in [2.75, 3.05) is 0 Å². The van der Waals surface area contributed by atoms with Crippen LogP contribution in [0.4, 0.5) is 13.2 Å². The molecule has 2 heterocycles. The summed E-state index contributed by atoms with van der Waals surface area (Å²) in [6.07, 6.45) is -4.68. The number of carbonyl (C=O) groups excluding carboxylic acids is 1. The third-order valence-corrected chi connectivity index (χ3v) is 3.36. The lowest BCUT2D eigenvalue weighted by Gasteiger charge is -2.11. The smallest absolute Gasteiger partial charge is 0.364 e. The SMILES string of the molecule is NC(=O)c1cc2nc(-c3ccc(Cl)cc3)cc(C(F)(F)F)n2n1. The van der Waals surface area contributed by atoms with Crippen LogP contribution in [0.3, 0.4) is 0 Å². The second kappa shape index (κ2) is 5.24. The van der Waals surface area contributed by atoms with Gasteiger partial charge in [-0.1, -0.05) is 23.7 Å². The van der Waals surface area contributed by atoms with Crippen molar-refractivity contribution in [3.8, 4) is 11.3 Å². The summed E-state index contributed by atoms with van der Waals surface area (Å²) in [5, 5.41) is 4.02. The van der Waals surface area contributed by atoms with Gasteiger partial charge in [0.25, 0.3) is 5.91 Å². The average Bonchev–Trinajstić information content (AvgIpc) is 2.90. The van der Waals surface area contributed by atoms with E-state index in [2.05, 4.69) is 10.1 Å². The van der Waals surface area contributed by atoms with E-state index in [1.165, 1.54) is 0 Å². The van der Waals surface area contributed by atoms with Crippen LogP contribution in [0.15, 0.2) is 36.4 Å². The number of halogens is 4. The number of rotatable bonds is 2. The molecule has 0 atom stereocenters. The maximum absolute atomic E-state index is 13.3. The number of carbonyl (C=O) groups is 1. The normalized spacial score (nSPS) is 11.8. The van der Waals surface area contributed by atoms with Crippen molar-refractivity contribution in [3.63, 3.8) is 0 Å². The molecule has 1 aromatic carbocycles. The van der Waals surface area contributed by atoms with Crippen LogP contribution < -0.4 is 5.73 Å². The Morgan fingerprint density at radius 3 is 2.39 bits per heavy atom. The molecule has 9 heteroatoms. The number of benzene rings is 1. The molecule has 0 unspecified atom stereocenters. The molecule has 2 aromatic heterocycles. The van der Waals surface area contributed by atoms with Crippen LogP contribution >= 0.6 is 11.6 Å². The van der Waals surface area contributed by atoms with Crippen LogP contribution in [-0.2, 0) is 6.18 Å². The van der Waals surface area contributed by atoms with Gasteiger partial charge in [0.15, 0.2) is 17.0 Å². The summed E-state index contributed by atoms with van der Waals surface area (Å²) < 4.78 is 40.3. The van der Waals surface area contributed by atoms with Crippen molar-refractivity contribution >= 4 is 23.2 Å². The molecule has 0 aliphatic carbocycles. The Morgan fingerprint density at radius 1 is 1.17 bits per heavy atom. The van der Waals surface area contributed by atoms with Crippen molar-refractivity contribution < 1.29 is 18.0 Å². The van der Waals surface area contributed by atoms with E-state index in [4.69, 9.17) is 17.3 Å². The maximum Gasteiger partial charge on any atom is 0.433 e. The third kappa shape index (κ3) is 2.85. The highest BCUT2D eigenvalue weighted by molar-refractivity contribution is 6.30. The summed E-state index contributed by atoms with van der Waals surface area (Å²) in [5.41, 5.74) is 4.12. The molecule has 3 rings (SSSR count). The van der Waals surface area contributed by atoms with E-state index in [0.717, 1.165) is 12.1 Å². The fourth-order valence-electron chi connectivity index (χ4n) is 2.07. The van der Waals surface area contributed by atoms with E-state index in [-0.39, 0.29) is 17.0 Å². The van der Waals surface area contributed by atoms with Crippen molar-refractivity contribution in [2.45, 2.75) is 6.18 Å². The van der Waals surface area contributed by atoms with E-state index in [1.807, 2.05) is 0 Å². The van der Waals surface area contributed by atoms with E-state index >= 15 is 0 Å². The van der Waals surface area contributed by atoms with Crippen molar-refractivity contribution in [1.82, 2.24) is 14.6 Å². The molecule has 1 amide bonds. The molecule has 5 nitrogen and oxygen atoms in total. The quantitative estimate of drug-likeness (QED) is 0.778. The summed E-state index contributed by atoms with van der Waals surface area (Å²) in [6, 6.07) is 8.15. The number of aromatic nitrogens is 3. The fraction of sp³-hybridized carbons (Fsp3) is 0.0714. The predicted octanol–water partition coefficient (Wildman–Crippen LogP) is 3.17. The molecular formula is C14H8ClF3N4O. The number of nitrogens with two attached hydrogens (primary N) is 1. The monoisotopic (exact) mass is 340 g/mol. The number of amides is 1. The topological polar surface area (TPSA) is 73.3 Å². The first-order valence-corrected chi connectivity index (χ1v) is 6.67. The molecule has 0 saturated carbocycles. The van der Waals surface area contributed by atoms with Gasteiger partial charge in [0.05, 0.1) is 5.69 Å². The number of nitrogens with zero attached hydrogens (tertiary/aromatic N) is 3. The van der Waals surface area contributed by atoms with Crippen LogP contribution in [0.2, 0.25) is 5.02 Å². The second-order valence-corrected chi connectivity index (χ2v) is 5.13. The third-order valence-electron chi connectivity index (χ3n) is 3.11. The van der Waals surface area contributed by atoms with Crippen molar-refractivity contribution in [3.05, 3.63) is 52.8 Å². The van der Waals surface area contributed by atoms with Gasteiger partial charge in [0, 0.05) is 16.7 Å². The first kappa shape index (κ1) is 15.3. The maximum atomic E-state index is 13.3. The van der Waals surface area contributed by atoms with E-state index < -0.39 is 17.8 Å². The lowest BCUT2D eigenvalue weighted by atomic mass is 10.1. The molecule has 0 saturated heterocycles. The lowest BCUT2D eigenvalue weighted by Crippen LogP contribution is -2.15. The van der Waals surface area contributed by atoms with Gasteiger partial charge in [0.1, 0.15) is 0 Å². The van der Waals surface area contributed by atoms with Gasteiger partial charge in [-0.25, -0.2) is 9.50 Å².